The SMILES string of the molecule is O=C(O)CSc1nc(Cc2ccc(Br)cc2)no1. The quantitative estimate of drug-likeness (QED) is 0.850. The summed E-state index contributed by atoms with van der Waals surface area (Å²) in [6, 6.07) is 7.81. The van der Waals surface area contributed by atoms with E-state index >= 15 is 0 Å². The minimum absolute atomic E-state index is 0.0834. The molecule has 5 nitrogen and oxygen atoms in total. The number of carboxylic acid groups (broad SMARTS) is 1. The molecule has 1 heterocycles. The first-order valence-electron chi connectivity index (χ1n) is 5.05. The second kappa shape index (κ2) is 6.01. The van der Waals surface area contributed by atoms with Gasteiger partial charge >= 0.3 is 5.97 Å². The van der Waals surface area contributed by atoms with E-state index in [1.807, 2.05) is 24.3 Å². The first-order chi connectivity index (χ1) is 8.63. The number of rotatable bonds is 5. The molecule has 0 aliphatic heterocycles. The van der Waals surface area contributed by atoms with Crippen LogP contribution in [-0.4, -0.2) is 27.0 Å². The lowest BCUT2D eigenvalue weighted by Crippen LogP contribution is -1.97. The number of carboxylic acids is 1. The lowest BCUT2D eigenvalue weighted by Gasteiger charge is -1.96. The molecule has 2 aromatic rings. The summed E-state index contributed by atoms with van der Waals surface area (Å²) in [6.45, 7) is 0. The van der Waals surface area contributed by atoms with E-state index in [1.54, 1.807) is 0 Å². The molecule has 0 amide bonds. The Morgan fingerprint density at radius 2 is 2.11 bits per heavy atom. The number of aliphatic carboxylic acids is 1. The van der Waals surface area contributed by atoms with Crippen molar-refractivity contribution < 1.29 is 14.4 Å². The lowest BCUT2D eigenvalue weighted by atomic mass is 10.1. The van der Waals surface area contributed by atoms with E-state index in [0.29, 0.717) is 12.2 Å². The van der Waals surface area contributed by atoms with E-state index in [9.17, 15) is 4.79 Å². The number of carbonyl (C=O) groups is 1. The highest BCUT2D eigenvalue weighted by molar-refractivity contribution is 9.10. The van der Waals surface area contributed by atoms with Gasteiger partial charge in [-0.25, -0.2) is 0 Å². The molecule has 1 aromatic carbocycles. The molecule has 94 valence electrons. The molecule has 18 heavy (non-hydrogen) atoms. The Kier molecular flexibility index (Phi) is 4.38. The minimum Gasteiger partial charge on any atom is -0.481 e. The molecule has 1 N–H and O–H groups in total. The van der Waals surface area contributed by atoms with Crippen LogP contribution in [0.3, 0.4) is 0 Å². The number of halogens is 1. The highest BCUT2D eigenvalue weighted by Gasteiger charge is 2.09. The molecule has 0 saturated heterocycles. The van der Waals surface area contributed by atoms with Gasteiger partial charge in [-0.2, -0.15) is 4.98 Å². The second-order valence-electron chi connectivity index (χ2n) is 3.46. The van der Waals surface area contributed by atoms with Gasteiger partial charge in [0.05, 0.1) is 0 Å². The Morgan fingerprint density at radius 3 is 2.78 bits per heavy atom. The van der Waals surface area contributed by atoms with Crippen LogP contribution >= 0.6 is 27.7 Å². The molecular formula is C11H9BrN2O3S. The number of aromatic nitrogens is 2. The molecule has 0 saturated carbocycles. The van der Waals surface area contributed by atoms with Crippen LogP contribution < -0.4 is 0 Å². The van der Waals surface area contributed by atoms with E-state index in [4.69, 9.17) is 9.63 Å². The summed E-state index contributed by atoms with van der Waals surface area (Å²) in [6.07, 6.45) is 0.560. The zero-order chi connectivity index (χ0) is 13.0. The Balaban J connectivity index is 1.97. The minimum atomic E-state index is -0.910. The zero-order valence-electron chi connectivity index (χ0n) is 9.17. The van der Waals surface area contributed by atoms with Gasteiger partial charge in [0.2, 0.25) is 0 Å². The second-order valence-corrected chi connectivity index (χ2v) is 5.30. The van der Waals surface area contributed by atoms with Gasteiger partial charge in [-0.1, -0.05) is 45.0 Å². The van der Waals surface area contributed by atoms with Crippen molar-refractivity contribution in [3.05, 3.63) is 40.1 Å². The maximum absolute atomic E-state index is 10.4. The third kappa shape index (κ3) is 3.85. The Labute approximate surface area is 116 Å². The van der Waals surface area contributed by atoms with Gasteiger partial charge in [-0.15, -0.1) is 0 Å². The topological polar surface area (TPSA) is 76.2 Å². The summed E-state index contributed by atoms with van der Waals surface area (Å²) >= 11 is 4.38. The van der Waals surface area contributed by atoms with Crippen molar-refractivity contribution in [2.24, 2.45) is 0 Å². The fourth-order valence-electron chi connectivity index (χ4n) is 1.28. The molecule has 0 atom stereocenters. The van der Waals surface area contributed by atoms with E-state index < -0.39 is 5.97 Å². The average Bonchev–Trinajstić information content (AvgIpc) is 2.77. The van der Waals surface area contributed by atoms with Crippen LogP contribution in [0.4, 0.5) is 0 Å². The molecule has 0 fully saturated rings. The van der Waals surface area contributed by atoms with Gasteiger partial charge in [0.15, 0.2) is 5.82 Å². The summed E-state index contributed by atoms with van der Waals surface area (Å²) in [4.78, 5) is 14.5. The summed E-state index contributed by atoms with van der Waals surface area (Å²) in [5.41, 5.74) is 1.06. The summed E-state index contributed by atoms with van der Waals surface area (Å²) in [5, 5.41) is 12.6. The monoisotopic (exact) mass is 328 g/mol. The number of thioether (sulfide) groups is 1. The van der Waals surface area contributed by atoms with Crippen LogP contribution in [0.25, 0.3) is 0 Å². The Morgan fingerprint density at radius 1 is 1.39 bits per heavy atom. The van der Waals surface area contributed by atoms with Crippen molar-refractivity contribution >= 4 is 33.7 Å². The standard InChI is InChI=1S/C11H9BrN2O3S/c12-8-3-1-7(2-4-8)5-9-13-11(17-14-9)18-6-10(15)16/h1-4H,5-6H2,(H,15,16). The Hall–Kier alpha value is -1.34. The predicted octanol–water partition coefficient (Wildman–Crippen LogP) is 2.60. The van der Waals surface area contributed by atoms with Crippen molar-refractivity contribution in [2.75, 3.05) is 5.75 Å². The summed E-state index contributed by atoms with van der Waals surface area (Å²) in [7, 11) is 0. The van der Waals surface area contributed by atoms with Crippen LogP contribution in [0.15, 0.2) is 38.5 Å². The fourth-order valence-corrected chi connectivity index (χ4v) is 2.05. The molecule has 1 aromatic heterocycles. The predicted molar refractivity (Wildman–Crippen MR) is 69.6 cm³/mol. The number of hydrogen-bond acceptors (Lipinski definition) is 5. The molecular weight excluding hydrogens is 320 g/mol. The van der Waals surface area contributed by atoms with Crippen molar-refractivity contribution in [3.63, 3.8) is 0 Å². The molecule has 0 spiro atoms. The van der Waals surface area contributed by atoms with Crippen molar-refractivity contribution in [1.29, 1.82) is 0 Å². The van der Waals surface area contributed by atoms with E-state index in [2.05, 4.69) is 26.1 Å². The van der Waals surface area contributed by atoms with Gasteiger partial charge in [0, 0.05) is 10.9 Å². The molecule has 0 radical (unpaired) electrons. The third-order valence-corrected chi connectivity index (χ3v) is 3.38. The Bertz CT molecular complexity index is 541. The van der Waals surface area contributed by atoms with Crippen molar-refractivity contribution in [1.82, 2.24) is 10.1 Å². The largest absolute Gasteiger partial charge is 0.481 e. The highest BCUT2D eigenvalue weighted by atomic mass is 79.9. The fraction of sp³-hybridized carbons (Fsp3) is 0.182. The first-order valence-corrected chi connectivity index (χ1v) is 6.83. The van der Waals surface area contributed by atoms with Crippen molar-refractivity contribution in [2.45, 2.75) is 11.6 Å². The van der Waals surface area contributed by atoms with Crippen molar-refractivity contribution in [3.8, 4) is 0 Å². The normalized spacial score (nSPS) is 10.5. The first kappa shape index (κ1) is 13.1. The van der Waals surface area contributed by atoms with Gasteiger partial charge in [0.1, 0.15) is 5.75 Å². The van der Waals surface area contributed by atoms with E-state index in [1.165, 1.54) is 0 Å². The molecule has 0 bridgehead atoms. The third-order valence-electron chi connectivity index (χ3n) is 2.04. The van der Waals surface area contributed by atoms with Gasteiger partial charge < -0.3 is 9.63 Å². The van der Waals surface area contributed by atoms with E-state index in [0.717, 1.165) is 21.8 Å². The van der Waals surface area contributed by atoms with Crippen LogP contribution in [0.2, 0.25) is 0 Å². The van der Waals surface area contributed by atoms with E-state index in [-0.39, 0.29) is 11.0 Å². The molecule has 0 unspecified atom stereocenters. The number of benzene rings is 1. The average molecular weight is 329 g/mol. The van der Waals surface area contributed by atoms with Crippen LogP contribution in [0.5, 0.6) is 0 Å². The van der Waals surface area contributed by atoms with Crippen LogP contribution in [0.1, 0.15) is 11.4 Å². The molecule has 2 rings (SSSR count). The zero-order valence-corrected chi connectivity index (χ0v) is 11.6. The number of hydrogen-bond donors (Lipinski definition) is 1. The van der Waals surface area contributed by atoms with Crippen LogP contribution in [0, 0.1) is 0 Å². The highest BCUT2D eigenvalue weighted by Crippen LogP contribution is 2.17. The van der Waals surface area contributed by atoms with Gasteiger partial charge in [0.25, 0.3) is 5.22 Å². The van der Waals surface area contributed by atoms with Gasteiger partial charge in [-0.3, -0.25) is 4.79 Å². The molecule has 0 aliphatic carbocycles. The molecule has 7 heteroatoms. The lowest BCUT2D eigenvalue weighted by molar-refractivity contribution is -0.133. The smallest absolute Gasteiger partial charge is 0.314 e. The summed E-state index contributed by atoms with van der Waals surface area (Å²) in [5.74, 6) is -0.446. The summed E-state index contributed by atoms with van der Waals surface area (Å²) < 4.78 is 5.95. The maximum atomic E-state index is 10.4. The maximum Gasteiger partial charge on any atom is 0.314 e. The van der Waals surface area contributed by atoms with Crippen LogP contribution in [-0.2, 0) is 11.2 Å². The number of nitrogens with zero attached hydrogens (tertiary/aromatic N) is 2. The van der Waals surface area contributed by atoms with Gasteiger partial charge in [-0.05, 0) is 17.7 Å². The molecule has 0 aliphatic rings.